The van der Waals surface area contributed by atoms with Gasteiger partial charge in [0.25, 0.3) is 0 Å². The molecule has 1 aromatic heterocycles. The lowest BCUT2D eigenvalue weighted by atomic mass is 10.2. The zero-order valence-corrected chi connectivity index (χ0v) is 13.2. The molecule has 0 amide bonds. The lowest BCUT2D eigenvalue weighted by Gasteiger charge is -2.13. The SMILES string of the molecule is COc1ccnc(COc2cc(Br)ccc2C)c1OC. The van der Waals surface area contributed by atoms with Crippen molar-refractivity contribution in [2.75, 3.05) is 14.2 Å². The van der Waals surface area contributed by atoms with Crippen LogP contribution in [0.4, 0.5) is 0 Å². The van der Waals surface area contributed by atoms with E-state index in [2.05, 4.69) is 20.9 Å². The maximum absolute atomic E-state index is 5.82. The monoisotopic (exact) mass is 337 g/mol. The number of benzene rings is 1. The molecule has 0 unspecified atom stereocenters. The quantitative estimate of drug-likeness (QED) is 0.833. The summed E-state index contributed by atoms with van der Waals surface area (Å²) in [4.78, 5) is 4.28. The fourth-order valence-corrected chi connectivity index (χ4v) is 2.17. The number of nitrogens with zero attached hydrogens (tertiary/aromatic N) is 1. The van der Waals surface area contributed by atoms with E-state index in [1.54, 1.807) is 26.5 Å². The van der Waals surface area contributed by atoms with Gasteiger partial charge in [0.2, 0.25) is 0 Å². The van der Waals surface area contributed by atoms with E-state index in [1.807, 2.05) is 25.1 Å². The Bertz CT molecular complexity index is 602. The molecule has 0 fully saturated rings. The van der Waals surface area contributed by atoms with Crippen molar-refractivity contribution in [1.29, 1.82) is 0 Å². The molecular formula is C15H16BrNO3. The Morgan fingerprint density at radius 3 is 2.60 bits per heavy atom. The van der Waals surface area contributed by atoms with Gasteiger partial charge in [-0.25, -0.2) is 0 Å². The summed E-state index contributed by atoms with van der Waals surface area (Å²) >= 11 is 3.43. The first-order chi connectivity index (χ1) is 9.65. The second-order valence-corrected chi connectivity index (χ2v) is 5.11. The first kappa shape index (κ1) is 14.7. The van der Waals surface area contributed by atoms with E-state index in [1.165, 1.54) is 0 Å². The summed E-state index contributed by atoms with van der Waals surface area (Å²) in [5, 5.41) is 0. The highest BCUT2D eigenvalue weighted by Gasteiger charge is 2.12. The average molecular weight is 338 g/mol. The molecule has 106 valence electrons. The van der Waals surface area contributed by atoms with Crippen molar-refractivity contribution in [1.82, 2.24) is 4.98 Å². The number of methoxy groups -OCH3 is 2. The van der Waals surface area contributed by atoms with Crippen LogP contribution in [0.3, 0.4) is 0 Å². The summed E-state index contributed by atoms with van der Waals surface area (Å²) in [6.45, 7) is 2.32. The van der Waals surface area contributed by atoms with E-state index in [-0.39, 0.29) is 0 Å². The highest BCUT2D eigenvalue weighted by molar-refractivity contribution is 9.10. The van der Waals surface area contributed by atoms with Crippen molar-refractivity contribution in [2.45, 2.75) is 13.5 Å². The third-order valence-corrected chi connectivity index (χ3v) is 3.37. The Kier molecular flexibility index (Phi) is 4.84. The standard InChI is InChI=1S/C15H16BrNO3/c1-10-4-5-11(16)8-14(10)20-9-12-15(19-3)13(18-2)6-7-17-12/h4-8H,9H2,1-3H3. The Hall–Kier alpha value is -1.75. The fraction of sp³-hybridized carbons (Fsp3) is 0.267. The number of pyridine rings is 1. The van der Waals surface area contributed by atoms with Gasteiger partial charge in [0.15, 0.2) is 11.5 Å². The molecule has 0 spiro atoms. The molecule has 0 aliphatic heterocycles. The molecule has 0 bridgehead atoms. The van der Waals surface area contributed by atoms with Crippen molar-refractivity contribution in [3.63, 3.8) is 0 Å². The zero-order valence-electron chi connectivity index (χ0n) is 11.6. The maximum atomic E-state index is 5.82. The van der Waals surface area contributed by atoms with Crippen LogP contribution in [0.25, 0.3) is 0 Å². The van der Waals surface area contributed by atoms with Crippen LogP contribution < -0.4 is 14.2 Å². The van der Waals surface area contributed by atoms with E-state index in [9.17, 15) is 0 Å². The molecule has 1 heterocycles. The number of ether oxygens (including phenoxy) is 3. The largest absolute Gasteiger partial charge is 0.493 e. The highest BCUT2D eigenvalue weighted by Crippen LogP contribution is 2.30. The fourth-order valence-electron chi connectivity index (χ4n) is 1.83. The lowest BCUT2D eigenvalue weighted by Crippen LogP contribution is -2.03. The van der Waals surface area contributed by atoms with Crippen LogP contribution in [0.5, 0.6) is 17.2 Å². The van der Waals surface area contributed by atoms with Crippen molar-refractivity contribution in [3.8, 4) is 17.2 Å². The number of hydrogen-bond acceptors (Lipinski definition) is 4. The van der Waals surface area contributed by atoms with Crippen LogP contribution in [-0.4, -0.2) is 19.2 Å². The number of halogens is 1. The van der Waals surface area contributed by atoms with Crippen LogP contribution in [0.2, 0.25) is 0 Å². The minimum atomic E-state index is 0.317. The Morgan fingerprint density at radius 2 is 1.90 bits per heavy atom. The van der Waals surface area contributed by atoms with E-state index >= 15 is 0 Å². The Morgan fingerprint density at radius 1 is 1.10 bits per heavy atom. The number of aryl methyl sites for hydroxylation is 1. The van der Waals surface area contributed by atoms with Crippen LogP contribution >= 0.6 is 15.9 Å². The molecule has 0 aliphatic rings. The average Bonchev–Trinajstić information content (AvgIpc) is 2.47. The molecule has 5 heteroatoms. The molecular weight excluding hydrogens is 322 g/mol. The molecule has 0 aliphatic carbocycles. The normalized spacial score (nSPS) is 10.2. The van der Waals surface area contributed by atoms with Gasteiger partial charge in [0.05, 0.1) is 14.2 Å². The van der Waals surface area contributed by atoms with Gasteiger partial charge in [0.1, 0.15) is 18.1 Å². The van der Waals surface area contributed by atoms with Gasteiger partial charge < -0.3 is 14.2 Å². The summed E-state index contributed by atoms with van der Waals surface area (Å²) < 4.78 is 17.4. The molecule has 2 aromatic rings. The molecule has 0 N–H and O–H groups in total. The molecule has 4 nitrogen and oxygen atoms in total. The molecule has 0 saturated carbocycles. The second-order valence-electron chi connectivity index (χ2n) is 4.19. The number of rotatable bonds is 5. The summed E-state index contributed by atoms with van der Waals surface area (Å²) in [6, 6.07) is 7.66. The first-order valence-electron chi connectivity index (χ1n) is 6.10. The van der Waals surface area contributed by atoms with Crippen molar-refractivity contribution >= 4 is 15.9 Å². The van der Waals surface area contributed by atoms with Gasteiger partial charge in [-0.05, 0) is 24.6 Å². The first-order valence-corrected chi connectivity index (χ1v) is 6.89. The lowest BCUT2D eigenvalue weighted by molar-refractivity contribution is 0.283. The minimum absolute atomic E-state index is 0.317. The molecule has 0 saturated heterocycles. The summed E-state index contributed by atoms with van der Waals surface area (Å²) in [6.07, 6.45) is 1.67. The van der Waals surface area contributed by atoms with Crippen LogP contribution in [0.1, 0.15) is 11.3 Å². The predicted molar refractivity (Wildman–Crippen MR) is 80.6 cm³/mol. The highest BCUT2D eigenvalue weighted by atomic mass is 79.9. The smallest absolute Gasteiger partial charge is 0.185 e. The second kappa shape index (κ2) is 6.61. The molecule has 2 rings (SSSR count). The van der Waals surface area contributed by atoms with Gasteiger partial charge in [-0.1, -0.05) is 22.0 Å². The Balaban J connectivity index is 2.20. The predicted octanol–water partition coefficient (Wildman–Crippen LogP) is 3.75. The van der Waals surface area contributed by atoms with Crippen molar-refractivity contribution in [2.24, 2.45) is 0 Å². The van der Waals surface area contributed by atoms with E-state index in [0.717, 1.165) is 15.8 Å². The Labute approximate surface area is 126 Å². The van der Waals surface area contributed by atoms with Crippen molar-refractivity contribution < 1.29 is 14.2 Å². The van der Waals surface area contributed by atoms with Gasteiger partial charge >= 0.3 is 0 Å². The van der Waals surface area contributed by atoms with E-state index in [0.29, 0.717) is 23.8 Å². The van der Waals surface area contributed by atoms with Crippen molar-refractivity contribution in [3.05, 3.63) is 46.2 Å². The minimum Gasteiger partial charge on any atom is -0.493 e. The molecule has 1 aromatic carbocycles. The molecule has 0 atom stereocenters. The summed E-state index contributed by atoms with van der Waals surface area (Å²) in [7, 11) is 3.19. The topological polar surface area (TPSA) is 40.6 Å². The van der Waals surface area contributed by atoms with E-state index < -0.39 is 0 Å². The maximum Gasteiger partial charge on any atom is 0.185 e. The molecule has 0 radical (unpaired) electrons. The van der Waals surface area contributed by atoms with Gasteiger partial charge in [-0.15, -0.1) is 0 Å². The zero-order chi connectivity index (χ0) is 14.5. The van der Waals surface area contributed by atoms with Crippen LogP contribution in [0, 0.1) is 6.92 Å². The summed E-state index contributed by atoms with van der Waals surface area (Å²) in [5.41, 5.74) is 1.77. The van der Waals surface area contributed by atoms with Crippen LogP contribution in [0.15, 0.2) is 34.9 Å². The van der Waals surface area contributed by atoms with E-state index in [4.69, 9.17) is 14.2 Å². The third kappa shape index (κ3) is 3.22. The summed E-state index contributed by atoms with van der Waals surface area (Å²) in [5.74, 6) is 2.06. The third-order valence-electron chi connectivity index (χ3n) is 2.88. The van der Waals surface area contributed by atoms with Gasteiger partial charge in [-0.3, -0.25) is 4.98 Å². The van der Waals surface area contributed by atoms with Gasteiger partial charge in [-0.2, -0.15) is 0 Å². The van der Waals surface area contributed by atoms with Gasteiger partial charge in [0, 0.05) is 16.7 Å². The van der Waals surface area contributed by atoms with Crippen LogP contribution in [-0.2, 0) is 6.61 Å². The molecule has 20 heavy (non-hydrogen) atoms. The number of aromatic nitrogens is 1. The number of hydrogen-bond donors (Lipinski definition) is 0.